The van der Waals surface area contributed by atoms with E-state index in [1.165, 1.54) is 0 Å². The number of hydrogen-bond donors (Lipinski definition) is 2. The zero-order valence-electron chi connectivity index (χ0n) is 16.1. The van der Waals surface area contributed by atoms with Gasteiger partial charge in [-0.05, 0) is 52.0 Å². The van der Waals surface area contributed by atoms with Crippen LogP contribution < -0.4 is 5.32 Å². The molecule has 1 saturated heterocycles. The summed E-state index contributed by atoms with van der Waals surface area (Å²) in [5.74, 6) is -1.15. The van der Waals surface area contributed by atoms with E-state index in [9.17, 15) is 14.7 Å². The molecule has 0 radical (unpaired) electrons. The molecule has 150 valence electrons. The van der Waals surface area contributed by atoms with Crippen LogP contribution in [0, 0.1) is 0 Å². The first-order chi connectivity index (χ1) is 12.7. The van der Waals surface area contributed by atoms with Crippen molar-refractivity contribution in [2.45, 2.75) is 70.5 Å². The molecule has 7 heteroatoms. The Hall–Kier alpha value is -2.12. The van der Waals surface area contributed by atoms with Gasteiger partial charge in [-0.3, -0.25) is 0 Å². The monoisotopic (exact) mass is 379 g/mol. The van der Waals surface area contributed by atoms with Gasteiger partial charge in [0.25, 0.3) is 0 Å². The molecule has 2 N–H and O–H groups in total. The number of ether oxygens (including phenoxy) is 3. The van der Waals surface area contributed by atoms with E-state index in [2.05, 4.69) is 5.32 Å². The minimum Gasteiger partial charge on any atom is -0.479 e. The third-order valence-corrected chi connectivity index (χ3v) is 4.05. The smallest absolute Gasteiger partial charge is 0.407 e. The van der Waals surface area contributed by atoms with Crippen molar-refractivity contribution < 1.29 is 28.9 Å². The van der Waals surface area contributed by atoms with E-state index in [0.29, 0.717) is 19.4 Å². The number of amides is 1. The summed E-state index contributed by atoms with van der Waals surface area (Å²) >= 11 is 0. The number of alkyl carbamates (subject to hydrolysis) is 1. The van der Waals surface area contributed by atoms with Gasteiger partial charge in [0.2, 0.25) is 0 Å². The Morgan fingerprint density at radius 2 is 1.96 bits per heavy atom. The summed E-state index contributed by atoms with van der Waals surface area (Å²) in [7, 11) is 0. The van der Waals surface area contributed by atoms with Crippen LogP contribution in [0.5, 0.6) is 0 Å². The molecular weight excluding hydrogens is 350 g/mol. The Labute approximate surface area is 160 Å². The molecule has 1 aliphatic rings. The first-order valence-corrected chi connectivity index (χ1v) is 9.28. The van der Waals surface area contributed by atoms with E-state index in [4.69, 9.17) is 14.2 Å². The van der Waals surface area contributed by atoms with Gasteiger partial charge >= 0.3 is 12.1 Å². The van der Waals surface area contributed by atoms with Crippen molar-refractivity contribution in [3.63, 3.8) is 0 Å². The lowest BCUT2D eigenvalue weighted by Crippen LogP contribution is -2.52. The summed E-state index contributed by atoms with van der Waals surface area (Å²) < 4.78 is 16.5. The van der Waals surface area contributed by atoms with Crippen molar-refractivity contribution in [3.8, 4) is 0 Å². The molecule has 1 heterocycles. The summed E-state index contributed by atoms with van der Waals surface area (Å²) in [5, 5.41) is 12.4. The van der Waals surface area contributed by atoms with E-state index in [1.807, 2.05) is 30.3 Å². The Morgan fingerprint density at radius 3 is 2.52 bits per heavy atom. The third kappa shape index (κ3) is 7.56. The maximum Gasteiger partial charge on any atom is 0.407 e. The molecule has 1 aromatic rings. The van der Waals surface area contributed by atoms with Crippen LogP contribution in [-0.4, -0.2) is 47.8 Å². The van der Waals surface area contributed by atoms with Gasteiger partial charge in [-0.25, -0.2) is 9.59 Å². The largest absolute Gasteiger partial charge is 0.479 e. The minimum atomic E-state index is -1.25. The van der Waals surface area contributed by atoms with Gasteiger partial charge in [-0.2, -0.15) is 0 Å². The summed E-state index contributed by atoms with van der Waals surface area (Å²) in [4.78, 5) is 24.2. The van der Waals surface area contributed by atoms with Crippen LogP contribution in [0.3, 0.4) is 0 Å². The van der Waals surface area contributed by atoms with Gasteiger partial charge in [-0.15, -0.1) is 0 Å². The van der Waals surface area contributed by atoms with Gasteiger partial charge in [0.05, 0.1) is 6.04 Å². The van der Waals surface area contributed by atoms with Crippen LogP contribution in [0.2, 0.25) is 0 Å². The molecule has 27 heavy (non-hydrogen) atoms. The molecule has 1 aliphatic heterocycles. The highest BCUT2D eigenvalue weighted by Crippen LogP contribution is 2.19. The second-order valence-electron chi connectivity index (χ2n) is 7.63. The predicted molar refractivity (Wildman–Crippen MR) is 99.4 cm³/mol. The topological polar surface area (TPSA) is 94.1 Å². The number of rotatable bonds is 7. The molecule has 0 aromatic heterocycles. The SMILES string of the molecule is CC(C)(C)OC(=O)N[C@@H](Cc1ccccc1)[C@@H](OC1CCCCO1)C(=O)O. The van der Waals surface area contributed by atoms with Crippen molar-refractivity contribution in [3.05, 3.63) is 35.9 Å². The van der Waals surface area contributed by atoms with Crippen molar-refractivity contribution in [2.75, 3.05) is 6.61 Å². The van der Waals surface area contributed by atoms with Gasteiger partial charge in [0.15, 0.2) is 12.4 Å². The zero-order chi connectivity index (χ0) is 19.9. The highest BCUT2D eigenvalue weighted by molar-refractivity contribution is 5.75. The molecule has 0 bridgehead atoms. The third-order valence-electron chi connectivity index (χ3n) is 4.05. The number of nitrogens with one attached hydrogen (secondary N) is 1. The fourth-order valence-corrected chi connectivity index (χ4v) is 2.87. The Kier molecular flexibility index (Phi) is 7.62. The maximum absolute atomic E-state index is 12.3. The van der Waals surface area contributed by atoms with E-state index in [-0.39, 0.29) is 0 Å². The normalized spacial score (nSPS) is 19.7. The number of aliphatic carboxylic acids is 1. The fourth-order valence-electron chi connectivity index (χ4n) is 2.87. The molecule has 1 aromatic carbocycles. The van der Waals surface area contributed by atoms with Crippen LogP contribution in [0.25, 0.3) is 0 Å². The minimum absolute atomic E-state index is 0.295. The number of carboxylic acids is 1. The van der Waals surface area contributed by atoms with Crippen LogP contribution in [-0.2, 0) is 25.4 Å². The van der Waals surface area contributed by atoms with Gasteiger partial charge in [-0.1, -0.05) is 30.3 Å². The molecule has 2 rings (SSSR count). The predicted octanol–water partition coefficient (Wildman–Crippen LogP) is 3.12. The van der Waals surface area contributed by atoms with Crippen LogP contribution >= 0.6 is 0 Å². The second-order valence-corrected chi connectivity index (χ2v) is 7.63. The summed E-state index contributed by atoms with van der Waals surface area (Å²) in [6, 6.07) is 8.55. The Bertz CT molecular complexity index is 607. The van der Waals surface area contributed by atoms with Gasteiger partial charge < -0.3 is 24.6 Å². The molecule has 7 nitrogen and oxygen atoms in total. The number of hydrogen-bond acceptors (Lipinski definition) is 5. The quantitative estimate of drug-likeness (QED) is 0.756. The van der Waals surface area contributed by atoms with E-state index < -0.39 is 36.1 Å². The lowest BCUT2D eigenvalue weighted by Gasteiger charge is -2.31. The first-order valence-electron chi connectivity index (χ1n) is 9.28. The second kappa shape index (κ2) is 9.71. The van der Waals surface area contributed by atoms with Crippen molar-refractivity contribution in [1.82, 2.24) is 5.32 Å². The van der Waals surface area contributed by atoms with Crippen molar-refractivity contribution >= 4 is 12.1 Å². The molecule has 1 fully saturated rings. The molecule has 3 atom stereocenters. The zero-order valence-corrected chi connectivity index (χ0v) is 16.1. The van der Waals surface area contributed by atoms with Crippen LogP contribution in [0.1, 0.15) is 45.6 Å². The highest BCUT2D eigenvalue weighted by Gasteiger charge is 2.35. The number of benzene rings is 1. The highest BCUT2D eigenvalue weighted by atomic mass is 16.7. The van der Waals surface area contributed by atoms with Gasteiger partial charge in [0, 0.05) is 6.61 Å². The lowest BCUT2D eigenvalue weighted by atomic mass is 10.0. The van der Waals surface area contributed by atoms with E-state index >= 15 is 0 Å². The average molecular weight is 379 g/mol. The molecule has 1 amide bonds. The lowest BCUT2D eigenvalue weighted by molar-refractivity contribution is -0.205. The summed E-state index contributed by atoms with van der Waals surface area (Å²) in [6.07, 6.45) is 0.265. The van der Waals surface area contributed by atoms with Crippen molar-refractivity contribution in [1.29, 1.82) is 0 Å². The average Bonchev–Trinajstić information content (AvgIpc) is 2.59. The number of carbonyl (C=O) groups is 2. The summed E-state index contributed by atoms with van der Waals surface area (Å²) in [6.45, 7) is 5.79. The molecule has 0 spiro atoms. The van der Waals surface area contributed by atoms with Crippen LogP contribution in [0.15, 0.2) is 30.3 Å². The van der Waals surface area contributed by atoms with E-state index in [0.717, 1.165) is 18.4 Å². The standard InChI is InChI=1S/C20H29NO6/c1-20(2,3)27-19(24)21-15(13-14-9-5-4-6-10-14)17(18(22)23)26-16-11-7-8-12-25-16/h4-6,9-10,15-17H,7-8,11-13H2,1-3H3,(H,21,24)(H,22,23)/t15-,16?,17+/m0/s1. The van der Waals surface area contributed by atoms with Crippen molar-refractivity contribution in [2.24, 2.45) is 0 Å². The molecule has 0 aliphatic carbocycles. The number of carbonyl (C=O) groups excluding carboxylic acids is 1. The molecular formula is C20H29NO6. The summed E-state index contributed by atoms with van der Waals surface area (Å²) in [5.41, 5.74) is 0.200. The Balaban J connectivity index is 2.15. The maximum atomic E-state index is 12.3. The number of carboxylic acid groups (broad SMARTS) is 1. The molecule has 0 saturated carbocycles. The first kappa shape index (κ1) is 21.2. The Morgan fingerprint density at radius 1 is 1.26 bits per heavy atom. The fraction of sp³-hybridized carbons (Fsp3) is 0.600. The van der Waals surface area contributed by atoms with E-state index in [1.54, 1.807) is 20.8 Å². The van der Waals surface area contributed by atoms with Crippen LogP contribution in [0.4, 0.5) is 4.79 Å². The van der Waals surface area contributed by atoms with Gasteiger partial charge in [0.1, 0.15) is 5.60 Å². The molecule has 1 unspecified atom stereocenters.